The fraction of sp³-hybridized carbons (Fsp3) is 0.238. The lowest BCUT2D eigenvalue weighted by Crippen LogP contribution is -2.42. The summed E-state index contributed by atoms with van der Waals surface area (Å²) in [7, 11) is 0. The van der Waals surface area contributed by atoms with Crippen LogP contribution in [0.5, 0.6) is 0 Å². The van der Waals surface area contributed by atoms with Gasteiger partial charge in [-0.1, -0.05) is 36.4 Å². The van der Waals surface area contributed by atoms with Gasteiger partial charge in [-0.2, -0.15) is 0 Å². The highest BCUT2D eigenvalue weighted by atomic mass is 16.3. The number of carbonyl (C=O) groups excluding carboxylic acids is 1. The van der Waals surface area contributed by atoms with Crippen LogP contribution < -0.4 is 5.32 Å². The van der Waals surface area contributed by atoms with E-state index in [2.05, 4.69) is 10.3 Å². The summed E-state index contributed by atoms with van der Waals surface area (Å²) in [6.07, 6.45) is 5.42. The van der Waals surface area contributed by atoms with E-state index >= 15 is 0 Å². The van der Waals surface area contributed by atoms with Crippen molar-refractivity contribution in [3.8, 4) is 0 Å². The van der Waals surface area contributed by atoms with Gasteiger partial charge in [0, 0.05) is 12.2 Å². The smallest absolute Gasteiger partial charge is 0.244 e. The number of benzene rings is 2. The first-order valence-corrected chi connectivity index (χ1v) is 8.76. The van der Waals surface area contributed by atoms with Gasteiger partial charge in [0.15, 0.2) is 5.58 Å². The molecule has 1 aromatic heterocycles. The molecule has 1 unspecified atom stereocenters. The average molecular weight is 348 g/mol. The highest BCUT2D eigenvalue weighted by molar-refractivity contribution is 5.91. The maximum atomic E-state index is 12.1. The molecule has 1 aliphatic rings. The molecular weight excluding hydrogens is 328 g/mol. The number of carbonyl (C=O) groups is 1. The molecule has 5 heteroatoms. The van der Waals surface area contributed by atoms with Crippen LogP contribution in [0.4, 0.5) is 0 Å². The number of nitrogens with zero attached hydrogens (tertiary/aromatic N) is 1. The average Bonchev–Trinajstić information content (AvgIpc) is 3.08. The van der Waals surface area contributed by atoms with Crippen LogP contribution in [0.2, 0.25) is 0 Å². The summed E-state index contributed by atoms with van der Waals surface area (Å²) < 4.78 is 5.55. The van der Waals surface area contributed by atoms with Crippen molar-refractivity contribution < 1.29 is 14.3 Å². The van der Waals surface area contributed by atoms with Crippen molar-refractivity contribution in [2.75, 3.05) is 6.54 Å². The minimum absolute atomic E-state index is 0.181. The van der Waals surface area contributed by atoms with Crippen LogP contribution in [0.15, 0.2) is 59.0 Å². The molecule has 0 radical (unpaired) electrons. The Morgan fingerprint density at radius 1 is 1.23 bits per heavy atom. The Balaban J connectivity index is 1.42. The van der Waals surface area contributed by atoms with E-state index in [0.717, 1.165) is 29.5 Å². The van der Waals surface area contributed by atoms with Crippen LogP contribution in [-0.4, -0.2) is 22.5 Å². The molecule has 0 saturated heterocycles. The summed E-state index contributed by atoms with van der Waals surface area (Å²) in [5.41, 5.74) is 2.48. The molecule has 1 atom stereocenters. The first kappa shape index (κ1) is 16.5. The number of amides is 1. The Kier molecular flexibility index (Phi) is 4.31. The van der Waals surface area contributed by atoms with Crippen molar-refractivity contribution >= 4 is 23.1 Å². The quantitative estimate of drug-likeness (QED) is 0.710. The molecule has 1 aliphatic carbocycles. The molecule has 1 amide bonds. The van der Waals surface area contributed by atoms with Crippen LogP contribution >= 0.6 is 0 Å². The normalized spacial score (nSPS) is 19.6. The molecule has 4 rings (SSSR count). The lowest BCUT2D eigenvalue weighted by molar-refractivity contribution is -0.118. The second-order valence-corrected chi connectivity index (χ2v) is 6.61. The van der Waals surface area contributed by atoms with Gasteiger partial charge in [0.05, 0.1) is 6.54 Å². The van der Waals surface area contributed by atoms with E-state index in [-0.39, 0.29) is 12.5 Å². The number of aryl methyl sites for hydroxylation is 1. The summed E-state index contributed by atoms with van der Waals surface area (Å²) in [6.45, 7) is 0.181. The van der Waals surface area contributed by atoms with E-state index in [1.54, 1.807) is 0 Å². The van der Waals surface area contributed by atoms with Crippen molar-refractivity contribution in [3.05, 3.63) is 71.6 Å². The second kappa shape index (κ2) is 6.77. The van der Waals surface area contributed by atoms with Crippen LogP contribution in [0.3, 0.4) is 0 Å². The predicted octanol–water partition coefficient (Wildman–Crippen LogP) is 3.18. The molecule has 26 heavy (non-hydrogen) atoms. The van der Waals surface area contributed by atoms with Crippen LogP contribution in [0.1, 0.15) is 29.9 Å². The lowest BCUT2D eigenvalue weighted by atomic mass is 9.79. The molecule has 5 nitrogen and oxygen atoms in total. The van der Waals surface area contributed by atoms with Gasteiger partial charge in [0.2, 0.25) is 11.8 Å². The van der Waals surface area contributed by atoms with E-state index in [1.807, 2.05) is 48.5 Å². The number of aliphatic hydroxyl groups is 1. The molecular formula is C21H20N2O3. The van der Waals surface area contributed by atoms with Gasteiger partial charge in [0.1, 0.15) is 11.1 Å². The number of aromatic nitrogens is 1. The zero-order valence-corrected chi connectivity index (χ0v) is 14.3. The zero-order valence-electron chi connectivity index (χ0n) is 14.3. The molecule has 0 saturated carbocycles. The molecule has 3 aromatic rings. The fourth-order valence-corrected chi connectivity index (χ4v) is 3.48. The molecule has 2 aromatic carbocycles. The number of oxazole rings is 1. The highest BCUT2D eigenvalue weighted by Gasteiger charge is 2.34. The molecule has 132 valence electrons. The largest absolute Gasteiger partial charge is 0.437 e. The first-order chi connectivity index (χ1) is 12.6. The van der Waals surface area contributed by atoms with E-state index in [4.69, 9.17) is 4.42 Å². The number of fused-ring (bicyclic) bond motifs is 2. The number of hydrogen-bond acceptors (Lipinski definition) is 4. The van der Waals surface area contributed by atoms with Crippen molar-refractivity contribution in [2.45, 2.75) is 24.9 Å². The molecule has 0 fully saturated rings. The Morgan fingerprint density at radius 2 is 2.04 bits per heavy atom. The predicted molar refractivity (Wildman–Crippen MR) is 99.3 cm³/mol. The minimum atomic E-state index is -1.02. The van der Waals surface area contributed by atoms with Crippen molar-refractivity contribution in [3.63, 3.8) is 0 Å². The maximum absolute atomic E-state index is 12.1. The van der Waals surface area contributed by atoms with Gasteiger partial charge in [-0.05, 0) is 42.5 Å². The summed E-state index contributed by atoms with van der Waals surface area (Å²) in [4.78, 5) is 16.4. The number of para-hydroxylation sites is 2. The standard InChI is InChI=1S/C21H20N2O3/c24-19(11-12-20-23-17-9-3-4-10-18(17)26-20)22-14-21(25)13-5-7-15-6-1-2-8-16(15)21/h1-4,6,8-12,25H,5,7,13-14H2,(H,22,24). The Morgan fingerprint density at radius 3 is 2.92 bits per heavy atom. The van der Waals surface area contributed by atoms with Crippen LogP contribution in [-0.2, 0) is 16.8 Å². The molecule has 0 bridgehead atoms. The topological polar surface area (TPSA) is 75.4 Å². The lowest BCUT2D eigenvalue weighted by Gasteiger charge is -2.34. The minimum Gasteiger partial charge on any atom is -0.437 e. The highest BCUT2D eigenvalue weighted by Crippen LogP contribution is 2.34. The summed E-state index contributed by atoms with van der Waals surface area (Å²) in [5.74, 6) is 0.0896. The van der Waals surface area contributed by atoms with Gasteiger partial charge < -0.3 is 14.8 Å². The molecule has 0 spiro atoms. The SMILES string of the molecule is O=C(C=Cc1nc2ccccc2o1)NCC1(O)CCCc2ccccc21. The Hall–Kier alpha value is -2.92. The third kappa shape index (κ3) is 3.26. The summed E-state index contributed by atoms with van der Waals surface area (Å²) in [6, 6.07) is 15.3. The van der Waals surface area contributed by atoms with E-state index in [9.17, 15) is 9.90 Å². The zero-order chi connectivity index (χ0) is 18.0. The summed E-state index contributed by atoms with van der Waals surface area (Å²) >= 11 is 0. The second-order valence-electron chi connectivity index (χ2n) is 6.61. The van der Waals surface area contributed by atoms with E-state index in [1.165, 1.54) is 12.2 Å². The third-order valence-electron chi connectivity index (χ3n) is 4.80. The Labute approximate surface area is 151 Å². The van der Waals surface area contributed by atoms with Gasteiger partial charge in [-0.15, -0.1) is 0 Å². The summed E-state index contributed by atoms with van der Waals surface area (Å²) in [5, 5.41) is 13.8. The number of nitrogens with one attached hydrogen (secondary N) is 1. The van der Waals surface area contributed by atoms with Gasteiger partial charge in [-0.25, -0.2) is 4.98 Å². The van der Waals surface area contributed by atoms with Gasteiger partial charge >= 0.3 is 0 Å². The number of rotatable bonds is 4. The van der Waals surface area contributed by atoms with Crippen LogP contribution in [0, 0.1) is 0 Å². The fourth-order valence-electron chi connectivity index (χ4n) is 3.48. The van der Waals surface area contributed by atoms with Crippen LogP contribution in [0.25, 0.3) is 17.2 Å². The Bertz CT molecular complexity index is 943. The number of hydrogen-bond donors (Lipinski definition) is 2. The van der Waals surface area contributed by atoms with Crippen molar-refractivity contribution in [1.82, 2.24) is 10.3 Å². The van der Waals surface area contributed by atoms with Gasteiger partial charge in [0.25, 0.3) is 0 Å². The van der Waals surface area contributed by atoms with E-state index in [0.29, 0.717) is 17.9 Å². The monoisotopic (exact) mass is 348 g/mol. The molecule has 2 N–H and O–H groups in total. The van der Waals surface area contributed by atoms with E-state index < -0.39 is 5.60 Å². The van der Waals surface area contributed by atoms with Gasteiger partial charge in [-0.3, -0.25) is 4.79 Å². The first-order valence-electron chi connectivity index (χ1n) is 8.76. The van der Waals surface area contributed by atoms with Crippen molar-refractivity contribution in [1.29, 1.82) is 0 Å². The maximum Gasteiger partial charge on any atom is 0.244 e. The van der Waals surface area contributed by atoms with Crippen molar-refractivity contribution in [2.24, 2.45) is 0 Å². The molecule has 1 heterocycles. The third-order valence-corrected chi connectivity index (χ3v) is 4.80. The molecule has 0 aliphatic heterocycles.